The molecule has 13 heavy (non-hydrogen) atoms. The summed E-state index contributed by atoms with van der Waals surface area (Å²) in [7, 11) is 0. The molecule has 0 amide bonds. The molecule has 0 atom stereocenters. The standard InChI is InChI=1S/C8H10N2O3/c9-7-2-1-3-8(10(12)13)6(7)4-5-11/h1-3,11H,4-5,9H2. The summed E-state index contributed by atoms with van der Waals surface area (Å²) in [4.78, 5) is 10.0. The minimum Gasteiger partial charge on any atom is -0.398 e. The van der Waals surface area contributed by atoms with Gasteiger partial charge < -0.3 is 10.8 Å². The molecule has 0 spiro atoms. The third kappa shape index (κ3) is 1.94. The maximum absolute atomic E-state index is 10.5. The van der Waals surface area contributed by atoms with Crippen molar-refractivity contribution in [3.8, 4) is 0 Å². The van der Waals surface area contributed by atoms with E-state index in [1.54, 1.807) is 6.07 Å². The van der Waals surface area contributed by atoms with Gasteiger partial charge in [-0.3, -0.25) is 10.1 Å². The van der Waals surface area contributed by atoms with Gasteiger partial charge in [0.1, 0.15) is 0 Å². The molecule has 1 aromatic carbocycles. The lowest BCUT2D eigenvalue weighted by atomic mass is 10.1. The molecule has 0 heterocycles. The summed E-state index contributed by atoms with van der Waals surface area (Å²) < 4.78 is 0. The highest BCUT2D eigenvalue weighted by Crippen LogP contribution is 2.24. The molecular formula is C8H10N2O3. The average molecular weight is 182 g/mol. The zero-order valence-electron chi connectivity index (χ0n) is 6.93. The molecule has 0 radical (unpaired) electrons. The Kier molecular flexibility index (Phi) is 2.81. The third-order valence-corrected chi connectivity index (χ3v) is 1.75. The zero-order valence-corrected chi connectivity index (χ0v) is 6.93. The van der Waals surface area contributed by atoms with Crippen LogP contribution in [0.4, 0.5) is 11.4 Å². The van der Waals surface area contributed by atoms with E-state index < -0.39 is 4.92 Å². The van der Waals surface area contributed by atoms with E-state index in [0.29, 0.717) is 11.3 Å². The Labute approximate surface area is 74.9 Å². The molecule has 3 N–H and O–H groups in total. The van der Waals surface area contributed by atoms with Crippen molar-refractivity contribution < 1.29 is 10.0 Å². The molecule has 0 aromatic heterocycles. The number of benzene rings is 1. The van der Waals surface area contributed by atoms with Crippen LogP contribution in [-0.4, -0.2) is 16.6 Å². The molecular weight excluding hydrogens is 172 g/mol. The van der Waals surface area contributed by atoms with E-state index in [0.717, 1.165) is 0 Å². The first-order valence-corrected chi connectivity index (χ1v) is 3.79. The molecule has 0 aliphatic heterocycles. The number of nitro groups is 1. The SMILES string of the molecule is Nc1cccc([N+](=O)[O-])c1CCO. The highest BCUT2D eigenvalue weighted by atomic mass is 16.6. The van der Waals surface area contributed by atoms with Crippen molar-refractivity contribution in [3.63, 3.8) is 0 Å². The molecule has 1 aromatic rings. The predicted octanol–water partition coefficient (Wildman–Crippen LogP) is 0.712. The maximum atomic E-state index is 10.5. The van der Waals surface area contributed by atoms with Crippen LogP contribution in [0.25, 0.3) is 0 Å². The fourth-order valence-corrected chi connectivity index (χ4v) is 1.15. The van der Waals surface area contributed by atoms with Crippen molar-refractivity contribution in [1.82, 2.24) is 0 Å². The van der Waals surface area contributed by atoms with Crippen LogP contribution >= 0.6 is 0 Å². The van der Waals surface area contributed by atoms with Crippen molar-refractivity contribution in [2.75, 3.05) is 12.3 Å². The summed E-state index contributed by atoms with van der Waals surface area (Å²) in [6, 6.07) is 4.48. The number of hydrogen-bond donors (Lipinski definition) is 2. The van der Waals surface area contributed by atoms with E-state index in [1.807, 2.05) is 0 Å². The van der Waals surface area contributed by atoms with E-state index in [-0.39, 0.29) is 18.7 Å². The van der Waals surface area contributed by atoms with Gasteiger partial charge in [0.15, 0.2) is 0 Å². The molecule has 0 unspecified atom stereocenters. The van der Waals surface area contributed by atoms with Crippen molar-refractivity contribution in [3.05, 3.63) is 33.9 Å². The number of anilines is 1. The van der Waals surface area contributed by atoms with Crippen LogP contribution in [0.3, 0.4) is 0 Å². The van der Waals surface area contributed by atoms with Crippen LogP contribution in [0, 0.1) is 10.1 Å². The van der Waals surface area contributed by atoms with Crippen molar-refractivity contribution in [2.45, 2.75) is 6.42 Å². The van der Waals surface area contributed by atoms with Crippen molar-refractivity contribution in [2.24, 2.45) is 0 Å². The van der Waals surface area contributed by atoms with E-state index in [9.17, 15) is 10.1 Å². The Morgan fingerprint density at radius 2 is 2.23 bits per heavy atom. The van der Waals surface area contributed by atoms with Gasteiger partial charge in [-0.1, -0.05) is 6.07 Å². The van der Waals surface area contributed by atoms with E-state index in [1.165, 1.54) is 12.1 Å². The van der Waals surface area contributed by atoms with E-state index in [4.69, 9.17) is 10.8 Å². The molecule has 0 saturated carbocycles. The van der Waals surface area contributed by atoms with Gasteiger partial charge in [0.05, 0.1) is 10.5 Å². The highest BCUT2D eigenvalue weighted by molar-refractivity contribution is 5.57. The minimum atomic E-state index is -0.499. The Hall–Kier alpha value is -1.62. The zero-order chi connectivity index (χ0) is 9.84. The van der Waals surface area contributed by atoms with E-state index >= 15 is 0 Å². The lowest BCUT2D eigenvalue weighted by molar-refractivity contribution is -0.385. The van der Waals surface area contributed by atoms with Crippen LogP contribution in [0.15, 0.2) is 18.2 Å². The first-order valence-electron chi connectivity index (χ1n) is 3.79. The molecule has 70 valence electrons. The Bertz CT molecular complexity index is 325. The first-order chi connectivity index (χ1) is 6.16. The Morgan fingerprint density at radius 3 is 2.77 bits per heavy atom. The number of aliphatic hydroxyl groups excluding tert-OH is 1. The van der Waals surface area contributed by atoms with Crippen molar-refractivity contribution >= 4 is 11.4 Å². The molecule has 0 saturated heterocycles. The van der Waals surface area contributed by atoms with Gasteiger partial charge in [-0.15, -0.1) is 0 Å². The number of nitrogens with two attached hydrogens (primary N) is 1. The summed E-state index contributed by atoms with van der Waals surface area (Å²) in [6.07, 6.45) is 0.211. The topological polar surface area (TPSA) is 89.4 Å². The quantitative estimate of drug-likeness (QED) is 0.409. The summed E-state index contributed by atoms with van der Waals surface area (Å²) in [6.45, 7) is -0.144. The number of nitrogens with zero attached hydrogens (tertiary/aromatic N) is 1. The summed E-state index contributed by atoms with van der Waals surface area (Å²) in [5.41, 5.74) is 6.24. The van der Waals surface area contributed by atoms with Crippen LogP contribution in [0.2, 0.25) is 0 Å². The van der Waals surface area contributed by atoms with Gasteiger partial charge >= 0.3 is 0 Å². The fraction of sp³-hybridized carbons (Fsp3) is 0.250. The summed E-state index contributed by atoms with van der Waals surface area (Å²) in [5.74, 6) is 0. The summed E-state index contributed by atoms with van der Waals surface area (Å²) >= 11 is 0. The van der Waals surface area contributed by atoms with Gasteiger partial charge in [0, 0.05) is 24.8 Å². The molecule has 5 nitrogen and oxygen atoms in total. The average Bonchev–Trinajstić information content (AvgIpc) is 2.08. The number of nitrogen functional groups attached to an aromatic ring is 1. The smallest absolute Gasteiger partial charge is 0.274 e. The Morgan fingerprint density at radius 1 is 1.54 bits per heavy atom. The number of hydrogen-bond acceptors (Lipinski definition) is 4. The molecule has 0 bridgehead atoms. The second kappa shape index (κ2) is 3.86. The summed E-state index contributed by atoms with van der Waals surface area (Å²) in [5, 5.41) is 19.2. The highest BCUT2D eigenvalue weighted by Gasteiger charge is 2.14. The second-order valence-corrected chi connectivity index (χ2v) is 2.58. The Balaban J connectivity index is 3.17. The molecule has 1 rings (SSSR count). The lowest BCUT2D eigenvalue weighted by Crippen LogP contribution is -2.02. The largest absolute Gasteiger partial charge is 0.398 e. The van der Waals surface area contributed by atoms with Crippen LogP contribution in [-0.2, 0) is 6.42 Å². The van der Waals surface area contributed by atoms with Crippen molar-refractivity contribution in [1.29, 1.82) is 0 Å². The first kappa shape index (κ1) is 9.47. The normalized spacial score (nSPS) is 9.92. The molecule has 0 aliphatic carbocycles. The van der Waals surface area contributed by atoms with Gasteiger partial charge in [0.2, 0.25) is 0 Å². The monoisotopic (exact) mass is 182 g/mol. The molecule has 0 fully saturated rings. The fourth-order valence-electron chi connectivity index (χ4n) is 1.15. The van der Waals surface area contributed by atoms with Gasteiger partial charge in [-0.25, -0.2) is 0 Å². The van der Waals surface area contributed by atoms with E-state index in [2.05, 4.69) is 0 Å². The van der Waals surface area contributed by atoms with Gasteiger partial charge in [0.25, 0.3) is 5.69 Å². The van der Waals surface area contributed by atoms with Crippen LogP contribution < -0.4 is 5.73 Å². The molecule has 5 heteroatoms. The molecule has 0 aliphatic rings. The minimum absolute atomic E-state index is 0.0333. The third-order valence-electron chi connectivity index (χ3n) is 1.75. The van der Waals surface area contributed by atoms with Gasteiger partial charge in [-0.05, 0) is 6.07 Å². The van der Waals surface area contributed by atoms with Crippen LogP contribution in [0.5, 0.6) is 0 Å². The van der Waals surface area contributed by atoms with Crippen LogP contribution in [0.1, 0.15) is 5.56 Å². The maximum Gasteiger partial charge on any atom is 0.274 e. The second-order valence-electron chi connectivity index (χ2n) is 2.58. The number of nitro benzene ring substituents is 1. The van der Waals surface area contributed by atoms with Gasteiger partial charge in [-0.2, -0.15) is 0 Å². The predicted molar refractivity (Wildman–Crippen MR) is 48.3 cm³/mol. The lowest BCUT2D eigenvalue weighted by Gasteiger charge is -2.03. The number of aliphatic hydroxyl groups is 1. The number of rotatable bonds is 3.